The highest BCUT2D eigenvalue weighted by molar-refractivity contribution is 5.44. The molecule has 0 aliphatic heterocycles. The number of alkyl halides is 6. The first-order valence-electron chi connectivity index (χ1n) is 7.35. The van der Waals surface area contributed by atoms with Crippen LogP contribution in [0.2, 0.25) is 0 Å². The standard InChI is InChI=1S/C17H15F6NO2/c1-15(10-24,11-4-2-6-13(8-11)25-16(18,19)20)12-5-3-7-14(9-12)26-17(21,22)23/h2-9H,10,24H2,1H3. The minimum absolute atomic E-state index is 0.0715. The zero-order chi connectivity index (χ0) is 19.6. The first-order chi connectivity index (χ1) is 11.9. The Morgan fingerprint density at radius 1 is 0.769 bits per heavy atom. The van der Waals surface area contributed by atoms with E-state index in [1.54, 1.807) is 6.92 Å². The van der Waals surface area contributed by atoms with Crippen molar-refractivity contribution in [1.29, 1.82) is 0 Å². The van der Waals surface area contributed by atoms with Gasteiger partial charge in [0.1, 0.15) is 11.5 Å². The Morgan fingerprint density at radius 2 is 1.15 bits per heavy atom. The molecule has 2 rings (SSSR count). The Morgan fingerprint density at radius 3 is 1.46 bits per heavy atom. The SMILES string of the molecule is CC(CN)(c1cccc(OC(F)(F)F)c1)c1cccc(OC(F)(F)F)c1. The molecule has 9 heteroatoms. The van der Waals surface area contributed by atoms with Gasteiger partial charge in [-0.1, -0.05) is 31.2 Å². The average Bonchev–Trinajstić information content (AvgIpc) is 2.51. The fourth-order valence-corrected chi connectivity index (χ4v) is 2.48. The lowest BCUT2D eigenvalue weighted by molar-refractivity contribution is -0.275. The monoisotopic (exact) mass is 379 g/mol. The summed E-state index contributed by atoms with van der Waals surface area (Å²) in [6.07, 6.45) is -9.73. The van der Waals surface area contributed by atoms with Crippen LogP contribution in [-0.4, -0.2) is 19.3 Å². The Balaban J connectivity index is 2.42. The van der Waals surface area contributed by atoms with Gasteiger partial charge >= 0.3 is 12.7 Å². The Bertz CT molecular complexity index is 698. The van der Waals surface area contributed by atoms with Crippen LogP contribution in [0.4, 0.5) is 26.3 Å². The molecule has 0 saturated carbocycles. The molecule has 0 fully saturated rings. The van der Waals surface area contributed by atoms with Crippen LogP contribution < -0.4 is 15.2 Å². The molecule has 2 aromatic carbocycles. The normalized spacial score (nSPS) is 12.8. The molecule has 0 heterocycles. The van der Waals surface area contributed by atoms with E-state index in [0.29, 0.717) is 11.1 Å². The Kier molecular flexibility index (Phi) is 5.41. The molecule has 0 spiro atoms. The van der Waals surface area contributed by atoms with Crippen molar-refractivity contribution in [1.82, 2.24) is 0 Å². The average molecular weight is 379 g/mol. The fraction of sp³-hybridized carbons (Fsp3) is 0.294. The summed E-state index contributed by atoms with van der Waals surface area (Å²) in [5, 5.41) is 0. The molecule has 2 aromatic rings. The third-order valence-corrected chi connectivity index (χ3v) is 3.82. The molecule has 0 amide bonds. The van der Waals surface area contributed by atoms with E-state index in [2.05, 4.69) is 9.47 Å². The quantitative estimate of drug-likeness (QED) is 0.763. The van der Waals surface area contributed by atoms with E-state index in [1.807, 2.05) is 0 Å². The van der Waals surface area contributed by atoms with E-state index in [4.69, 9.17) is 5.73 Å². The van der Waals surface area contributed by atoms with E-state index >= 15 is 0 Å². The summed E-state index contributed by atoms with van der Waals surface area (Å²) < 4.78 is 82.3. The minimum Gasteiger partial charge on any atom is -0.406 e. The molecule has 0 unspecified atom stereocenters. The number of halogens is 6. The van der Waals surface area contributed by atoms with Gasteiger partial charge in [-0.25, -0.2) is 0 Å². The van der Waals surface area contributed by atoms with Crippen LogP contribution in [0.1, 0.15) is 18.1 Å². The molecule has 142 valence electrons. The first-order valence-corrected chi connectivity index (χ1v) is 7.35. The summed E-state index contributed by atoms with van der Waals surface area (Å²) in [5.41, 5.74) is 5.45. The van der Waals surface area contributed by atoms with Crippen molar-refractivity contribution in [2.45, 2.75) is 25.1 Å². The first kappa shape index (κ1) is 19.9. The molecular weight excluding hydrogens is 364 g/mol. The summed E-state index contributed by atoms with van der Waals surface area (Å²) in [6.45, 7) is 1.53. The number of benzene rings is 2. The number of ether oxygens (including phenoxy) is 2. The molecule has 0 aromatic heterocycles. The highest BCUT2D eigenvalue weighted by Gasteiger charge is 2.34. The molecule has 0 saturated heterocycles. The predicted molar refractivity (Wildman–Crippen MR) is 81.8 cm³/mol. The van der Waals surface area contributed by atoms with E-state index in [0.717, 1.165) is 24.3 Å². The lowest BCUT2D eigenvalue weighted by atomic mass is 9.76. The van der Waals surface area contributed by atoms with Gasteiger partial charge in [-0.05, 0) is 35.4 Å². The van der Waals surface area contributed by atoms with Crippen molar-refractivity contribution in [3.05, 3.63) is 59.7 Å². The van der Waals surface area contributed by atoms with Crippen LogP contribution in [0.3, 0.4) is 0 Å². The molecule has 0 aliphatic carbocycles. The van der Waals surface area contributed by atoms with Crippen molar-refractivity contribution in [2.75, 3.05) is 6.54 Å². The van der Waals surface area contributed by atoms with Gasteiger partial charge in [-0.15, -0.1) is 26.3 Å². The van der Waals surface area contributed by atoms with Gasteiger partial charge in [0.25, 0.3) is 0 Å². The van der Waals surface area contributed by atoms with Gasteiger partial charge in [-0.2, -0.15) is 0 Å². The van der Waals surface area contributed by atoms with Gasteiger partial charge in [0.15, 0.2) is 0 Å². The van der Waals surface area contributed by atoms with Crippen LogP contribution in [0.5, 0.6) is 11.5 Å². The van der Waals surface area contributed by atoms with Gasteiger partial charge in [0, 0.05) is 12.0 Å². The lowest BCUT2D eigenvalue weighted by Crippen LogP contribution is -2.33. The number of hydrogen-bond acceptors (Lipinski definition) is 3. The molecule has 0 radical (unpaired) electrons. The summed E-state index contributed by atoms with van der Waals surface area (Å²) in [7, 11) is 0. The van der Waals surface area contributed by atoms with Crippen LogP contribution >= 0.6 is 0 Å². The second-order valence-electron chi connectivity index (χ2n) is 5.69. The highest BCUT2D eigenvalue weighted by Crippen LogP contribution is 2.36. The highest BCUT2D eigenvalue weighted by atomic mass is 19.4. The van der Waals surface area contributed by atoms with Gasteiger partial charge in [0.05, 0.1) is 0 Å². The van der Waals surface area contributed by atoms with E-state index in [9.17, 15) is 26.3 Å². The van der Waals surface area contributed by atoms with Crippen LogP contribution in [0.25, 0.3) is 0 Å². The Labute approximate surface area is 145 Å². The lowest BCUT2D eigenvalue weighted by Gasteiger charge is -2.30. The van der Waals surface area contributed by atoms with Crippen molar-refractivity contribution in [2.24, 2.45) is 5.73 Å². The molecule has 0 bridgehead atoms. The van der Waals surface area contributed by atoms with E-state index in [-0.39, 0.29) is 6.54 Å². The number of nitrogens with two attached hydrogens (primary N) is 1. The van der Waals surface area contributed by atoms with Crippen molar-refractivity contribution >= 4 is 0 Å². The zero-order valence-corrected chi connectivity index (χ0v) is 13.5. The summed E-state index contributed by atoms with van der Waals surface area (Å²) in [6, 6.07) is 10.3. The molecule has 3 nitrogen and oxygen atoms in total. The molecule has 2 N–H and O–H groups in total. The summed E-state index contributed by atoms with van der Waals surface area (Å²) >= 11 is 0. The van der Waals surface area contributed by atoms with E-state index < -0.39 is 29.6 Å². The molecule has 0 aliphatic rings. The van der Waals surface area contributed by atoms with Crippen molar-refractivity contribution in [3.8, 4) is 11.5 Å². The van der Waals surface area contributed by atoms with Gasteiger partial charge in [0.2, 0.25) is 0 Å². The summed E-state index contributed by atoms with van der Waals surface area (Å²) in [4.78, 5) is 0. The van der Waals surface area contributed by atoms with Crippen molar-refractivity contribution < 1.29 is 35.8 Å². The summed E-state index contributed by atoms with van der Waals surface area (Å²) in [5.74, 6) is -0.894. The second-order valence-corrected chi connectivity index (χ2v) is 5.69. The fourth-order valence-electron chi connectivity index (χ4n) is 2.48. The topological polar surface area (TPSA) is 44.5 Å². The zero-order valence-electron chi connectivity index (χ0n) is 13.5. The number of rotatable bonds is 5. The van der Waals surface area contributed by atoms with Gasteiger partial charge in [-0.3, -0.25) is 0 Å². The second kappa shape index (κ2) is 7.06. The Hall–Kier alpha value is -2.42. The molecule has 26 heavy (non-hydrogen) atoms. The maximum absolute atomic E-state index is 12.4. The predicted octanol–water partition coefficient (Wildman–Crippen LogP) is 4.75. The third-order valence-electron chi connectivity index (χ3n) is 3.82. The number of hydrogen-bond donors (Lipinski definition) is 1. The van der Waals surface area contributed by atoms with Crippen LogP contribution in [0.15, 0.2) is 48.5 Å². The molecule has 0 atom stereocenters. The molecular formula is C17H15F6NO2. The van der Waals surface area contributed by atoms with Gasteiger partial charge < -0.3 is 15.2 Å². The maximum atomic E-state index is 12.4. The van der Waals surface area contributed by atoms with Crippen molar-refractivity contribution in [3.63, 3.8) is 0 Å². The largest absolute Gasteiger partial charge is 0.573 e. The smallest absolute Gasteiger partial charge is 0.406 e. The van der Waals surface area contributed by atoms with Crippen LogP contribution in [-0.2, 0) is 5.41 Å². The third kappa shape index (κ3) is 5.04. The maximum Gasteiger partial charge on any atom is 0.573 e. The minimum atomic E-state index is -4.86. The van der Waals surface area contributed by atoms with E-state index in [1.165, 1.54) is 24.3 Å². The van der Waals surface area contributed by atoms with Crippen LogP contribution in [0, 0.1) is 0 Å².